The topological polar surface area (TPSA) is 25.8 Å². The predicted molar refractivity (Wildman–Crippen MR) is 27.4 cm³/mol. The van der Waals surface area contributed by atoms with Crippen molar-refractivity contribution >= 4 is 15.6 Å². The first-order chi connectivity index (χ1) is 3.39. The number of hydrogen-bond donors (Lipinski definition) is 0. The van der Waals surface area contributed by atoms with E-state index in [4.69, 9.17) is 0 Å². The molecule has 0 fully saturated rings. The summed E-state index contributed by atoms with van der Waals surface area (Å²) in [5, 5.41) is 7.99. The lowest BCUT2D eigenvalue weighted by Gasteiger charge is -1.80. The zero-order valence-electron chi connectivity index (χ0n) is 3.63. The number of aromatic nitrogens is 2. The van der Waals surface area contributed by atoms with Crippen LogP contribution in [0.3, 0.4) is 0 Å². The van der Waals surface area contributed by atoms with Gasteiger partial charge in [0.2, 0.25) is 0 Å². The lowest BCUT2D eigenvalue weighted by Crippen LogP contribution is -2.07. The average Bonchev–Trinajstić information content (AvgIpc) is 1.69. The number of rotatable bonds is 0. The fourth-order valence-electron chi connectivity index (χ4n) is 0.302. The Labute approximate surface area is 45.0 Å². The molecule has 1 heterocycles. The molecule has 0 saturated carbocycles. The molecule has 0 aliphatic rings. The minimum absolute atomic E-state index is 0.766. The van der Waals surface area contributed by atoms with E-state index >= 15 is 0 Å². The first-order valence-electron chi connectivity index (χ1n) is 1.89. The first-order valence-corrected chi connectivity index (χ1v) is 2.39. The van der Waals surface area contributed by atoms with Crippen LogP contribution in [0.5, 0.6) is 0 Å². The quantitative estimate of drug-likeness (QED) is 0.408. The van der Waals surface area contributed by atoms with Crippen molar-refractivity contribution in [1.82, 2.24) is 10.2 Å². The van der Waals surface area contributed by atoms with Gasteiger partial charge in [0, 0.05) is 11.5 Å². The molecule has 0 aromatic carbocycles. The monoisotopic (exact) mass is 107 g/mol. The van der Waals surface area contributed by atoms with Crippen molar-refractivity contribution in [1.29, 1.82) is 0 Å². The fourth-order valence-corrected chi connectivity index (χ4v) is 0.455. The molecule has 0 amide bonds. The third kappa shape index (κ3) is 1.08. The minimum Gasteiger partial charge on any atom is -0.161 e. The van der Waals surface area contributed by atoms with Crippen LogP contribution in [0, 0.1) is 0 Å². The van der Waals surface area contributed by atoms with Gasteiger partial charge in [-0.3, -0.25) is 0 Å². The van der Waals surface area contributed by atoms with Crippen LogP contribution in [0.15, 0.2) is 18.3 Å². The summed E-state index contributed by atoms with van der Waals surface area (Å²) in [6, 6.07) is 3.64. The highest BCUT2D eigenvalue weighted by Gasteiger charge is 1.75. The van der Waals surface area contributed by atoms with E-state index in [1.54, 1.807) is 6.20 Å². The summed E-state index contributed by atoms with van der Waals surface area (Å²) in [5.41, 5.74) is 0. The molecule has 0 spiro atoms. The molecule has 0 atom stereocenters. The highest BCUT2D eigenvalue weighted by molar-refractivity contribution is 6.30. The predicted octanol–water partition coefficient (Wildman–Crippen LogP) is -0.730. The summed E-state index contributed by atoms with van der Waals surface area (Å²) in [6.07, 6.45) is 1.63. The van der Waals surface area contributed by atoms with Gasteiger partial charge in [-0.2, -0.15) is 10.2 Å². The Morgan fingerprint density at radius 1 is 1.57 bits per heavy atom. The first kappa shape index (κ1) is 4.46. The van der Waals surface area contributed by atoms with Crippen LogP contribution in [0.2, 0.25) is 0 Å². The maximum atomic E-state index is 3.64. The second-order valence-corrected chi connectivity index (χ2v) is 1.62. The SMILES string of the molecule is [Si]c1cccnn1. The van der Waals surface area contributed by atoms with Gasteiger partial charge in [0.25, 0.3) is 0 Å². The molecule has 0 bridgehead atoms. The van der Waals surface area contributed by atoms with Gasteiger partial charge in [0.05, 0.1) is 0 Å². The maximum Gasteiger partial charge on any atom is 0.102 e. The molecule has 33 valence electrons. The van der Waals surface area contributed by atoms with Crippen LogP contribution in [0.1, 0.15) is 0 Å². The van der Waals surface area contributed by atoms with Crippen molar-refractivity contribution < 1.29 is 0 Å². The summed E-state index contributed by atoms with van der Waals surface area (Å²) in [4.78, 5) is 0. The summed E-state index contributed by atoms with van der Waals surface area (Å²) in [7, 11) is 3.18. The van der Waals surface area contributed by atoms with Crippen LogP contribution >= 0.6 is 0 Å². The zero-order chi connectivity index (χ0) is 5.11. The lowest BCUT2D eigenvalue weighted by molar-refractivity contribution is 1.06. The lowest BCUT2D eigenvalue weighted by atomic mass is 10.6. The number of nitrogens with zero attached hydrogens (tertiary/aromatic N) is 2. The van der Waals surface area contributed by atoms with Crippen molar-refractivity contribution in [3.63, 3.8) is 0 Å². The Hall–Kier alpha value is -0.703. The van der Waals surface area contributed by atoms with Crippen molar-refractivity contribution in [3.8, 4) is 0 Å². The van der Waals surface area contributed by atoms with Crippen molar-refractivity contribution in [2.45, 2.75) is 0 Å². The summed E-state index contributed by atoms with van der Waals surface area (Å²) < 4.78 is 0. The minimum atomic E-state index is 0.766. The van der Waals surface area contributed by atoms with Crippen LogP contribution in [0.4, 0.5) is 0 Å². The zero-order valence-corrected chi connectivity index (χ0v) is 4.63. The van der Waals surface area contributed by atoms with Gasteiger partial charge >= 0.3 is 0 Å². The van der Waals surface area contributed by atoms with E-state index in [1.807, 2.05) is 12.1 Å². The Morgan fingerprint density at radius 2 is 2.43 bits per heavy atom. The van der Waals surface area contributed by atoms with E-state index in [0.717, 1.165) is 5.32 Å². The molecule has 2 nitrogen and oxygen atoms in total. The molecule has 7 heavy (non-hydrogen) atoms. The van der Waals surface area contributed by atoms with Crippen LogP contribution in [-0.4, -0.2) is 20.4 Å². The van der Waals surface area contributed by atoms with Crippen LogP contribution < -0.4 is 5.32 Å². The van der Waals surface area contributed by atoms with Crippen LogP contribution in [-0.2, 0) is 0 Å². The Balaban J connectivity index is 3.02. The molecule has 1 rings (SSSR count). The Kier molecular flexibility index (Phi) is 1.17. The van der Waals surface area contributed by atoms with Crippen molar-refractivity contribution in [2.75, 3.05) is 0 Å². The average molecular weight is 107 g/mol. The molecule has 1 aromatic rings. The van der Waals surface area contributed by atoms with Crippen LogP contribution in [0.25, 0.3) is 0 Å². The molecule has 0 aliphatic carbocycles. The van der Waals surface area contributed by atoms with E-state index in [-0.39, 0.29) is 0 Å². The summed E-state index contributed by atoms with van der Waals surface area (Å²) in [6.45, 7) is 0. The van der Waals surface area contributed by atoms with E-state index in [0.29, 0.717) is 0 Å². The van der Waals surface area contributed by atoms with Gasteiger partial charge in [-0.1, -0.05) is 0 Å². The fraction of sp³-hybridized carbons (Fsp3) is 0. The second-order valence-electron chi connectivity index (χ2n) is 1.11. The van der Waals surface area contributed by atoms with Gasteiger partial charge in [0.1, 0.15) is 10.2 Å². The molecule has 0 aliphatic heterocycles. The van der Waals surface area contributed by atoms with Crippen molar-refractivity contribution in [3.05, 3.63) is 18.3 Å². The molecule has 0 unspecified atom stereocenters. The van der Waals surface area contributed by atoms with E-state index in [1.165, 1.54) is 0 Å². The maximum absolute atomic E-state index is 3.64. The summed E-state index contributed by atoms with van der Waals surface area (Å²) >= 11 is 0. The highest BCUT2D eigenvalue weighted by Crippen LogP contribution is 1.65. The van der Waals surface area contributed by atoms with Gasteiger partial charge in [0.15, 0.2) is 0 Å². The van der Waals surface area contributed by atoms with Gasteiger partial charge in [-0.25, -0.2) is 0 Å². The third-order valence-corrected chi connectivity index (χ3v) is 0.839. The standard InChI is InChI=1S/C4H3N2Si/c7-4-2-1-3-5-6-4/h1-3H. The molecule has 1 aromatic heterocycles. The second kappa shape index (κ2) is 1.84. The number of hydrogen-bond acceptors (Lipinski definition) is 2. The van der Waals surface area contributed by atoms with E-state index in [9.17, 15) is 0 Å². The Bertz CT molecular complexity index is 140. The smallest absolute Gasteiger partial charge is 0.102 e. The molecular weight excluding hydrogens is 104 g/mol. The molecular formula is C4H3N2Si. The molecule has 0 N–H and O–H groups in total. The van der Waals surface area contributed by atoms with Crippen molar-refractivity contribution in [2.24, 2.45) is 0 Å². The highest BCUT2D eigenvalue weighted by atomic mass is 28.1. The third-order valence-electron chi connectivity index (χ3n) is 0.572. The van der Waals surface area contributed by atoms with Gasteiger partial charge < -0.3 is 0 Å². The van der Waals surface area contributed by atoms with Gasteiger partial charge in [-0.15, -0.1) is 0 Å². The molecule has 3 heteroatoms. The summed E-state index contributed by atoms with van der Waals surface area (Å²) in [5.74, 6) is 0. The normalized spacial score (nSPS) is 8.71. The van der Waals surface area contributed by atoms with E-state index < -0.39 is 0 Å². The Morgan fingerprint density at radius 3 is 2.71 bits per heavy atom. The largest absolute Gasteiger partial charge is 0.161 e. The molecule has 0 saturated heterocycles. The molecule has 3 radical (unpaired) electrons. The van der Waals surface area contributed by atoms with Gasteiger partial charge in [-0.05, 0) is 12.1 Å². The van der Waals surface area contributed by atoms with E-state index in [2.05, 4.69) is 20.4 Å².